The highest BCUT2D eigenvalue weighted by Crippen LogP contribution is 2.29. The summed E-state index contributed by atoms with van der Waals surface area (Å²) in [6.45, 7) is 0. The number of nitrogens with zero attached hydrogens (tertiary/aromatic N) is 2. The normalized spacial score (nSPS) is 8.67. The lowest BCUT2D eigenvalue weighted by atomic mass is 10.2. The number of phenolic OH excluding ortho intramolecular Hbond substituents is 1. The largest absolute Gasteiger partial charge is 0.502 e. The Kier molecular flexibility index (Phi) is 4.64. The number of nitro benzene ring substituents is 2. The molecule has 0 spiro atoms. The summed E-state index contributed by atoms with van der Waals surface area (Å²) in [6.07, 6.45) is 0. The predicted octanol–water partition coefficient (Wildman–Crippen LogP) is 0.0274. The van der Waals surface area contributed by atoms with Gasteiger partial charge in [-0.1, -0.05) is 0 Å². The highest BCUT2D eigenvalue weighted by Gasteiger charge is 2.18. The number of aromatic hydroxyl groups is 1. The molecule has 5 N–H and O–H groups in total. The third kappa shape index (κ3) is 3.17. The molecule has 0 radical (unpaired) electrons. The van der Waals surface area contributed by atoms with Gasteiger partial charge in [-0.25, -0.2) is 0 Å². The predicted molar refractivity (Wildman–Crippen MR) is 49.8 cm³/mol. The summed E-state index contributed by atoms with van der Waals surface area (Å²) in [5.41, 5.74) is -1.10. The molecule has 0 heterocycles. The fourth-order valence-corrected chi connectivity index (χ4v) is 0.772. The molecule has 15 heavy (non-hydrogen) atoms. The molecule has 0 saturated carbocycles. The standard InChI is InChI=1S/C6H4N2O5.H4N2/c9-6-2-1-4(7(10)11)3-5(6)8(12)13;1-2/h1-3,9H;1-2H2. The van der Waals surface area contributed by atoms with Crippen LogP contribution in [-0.4, -0.2) is 15.0 Å². The second kappa shape index (κ2) is 5.47. The molecule has 9 heteroatoms. The van der Waals surface area contributed by atoms with Crippen LogP contribution >= 0.6 is 0 Å². The van der Waals surface area contributed by atoms with Gasteiger partial charge in [0.15, 0.2) is 5.75 Å². The Morgan fingerprint density at radius 1 is 1.13 bits per heavy atom. The van der Waals surface area contributed by atoms with Crippen LogP contribution in [0.1, 0.15) is 0 Å². The average Bonchev–Trinajstić information content (AvgIpc) is 2.20. The van der Waals surface area contributed by atoms with Crippen molar-refractivity contribution in [3.05, 3.63) is 38.4 Å². The lowest BCUT2D eigenvalue weighted by molar-refractivity contribution is -0.394. The molecule has 0 fully saturated rings. The highest BCUT2D eigenvalue weighted by atomic mass is 16.6. The quantitative estimate of drug-likeness (QED) is 0.357. The molecule has 0 aromatic heterocycles. The molecule has 1 rings (SSSR count). The minimum absolute atomic E-state index is 0.426. The summed E-state index contributed by atoms with van der Waals surface area (Å²) in [4.78, 5) is 18.7. The van der Waals surface area contributed by atoms with Crippen LogP contribution in [0, 0.1) is 20.2 Å². The third-order valence-corrected chi connectivity index (χ3v) is 1.37. The Morgan fingerprint density at radius 2 is 1.67 bits per heavy atom. The maximum absolute atomic E-state index is 10.2. The van der Waals surface area contributed by atoms with E-state index in [0.717, 1.165) is 12.1 Å². The zero-order chi connectivity index (χ0) is 12.0. The molecule has 9 nitrogen and oxygen atoms in total. The first-order chi connectivity index (χ1) is 7.02. The molecule has 1 aromatic carbocycles. The van der Waals surface area contributed by atoms with Crippen LogP contribution < -0.4 is 11.7 Å². The molecular formula is C6H8N4O5. The lowest BCUT2D eigenvalue weighted by Gasteiger charge is -1.94. The number of rotatable bonds is 2. The van der Waals surface area contributed by atoms with E-state index in [0.29, 0.717) is 6.07 Å². The molecule has 0 amide bonds. The fraction of sp³-hybridized carbons (Fsp3) is 0. The Labute approximate surface area is 83.2 Å². The molecule has 0 unspecified atom stereocenters. The van der Waals surface area contributed by atoms with Gasteiger partial charge in [0.25, 0.3) is 5.69 Å². The van der Waals surface area contributed by atoms with Gasteiger partial charge in [-0.3, -0.25) is 31.9 Å². The first-order valence-electron chi connectivity index (χ1n) is 3.47. The van der Waals surface area contributed by atoms with Gasteiger partial charge >= 0.3 is 5.69 Å². The van der Waals surface area contributed by atoms with Crippen LogP contribution in [0.5, 0.6) is 5.75 Å². The zero-order valence-electron chi connectivity index (χ0n) is 7.36. The van der Waals surface area contributed by atoms with E-state index in [9.17, 15) is 20.2 Å². The smallest absolute Gasteiger partial charge is 0.317 e. The summed E-state index contributed by atoms with van der Waals surface area (Å²) in [6, 6.07) is 2.61. The minimum atomic E-state index is -0.887. The van der Waals surface area contributed by atoms with Gasteiger partial charge in [0.1, 0.15) is 0 Å². The number of benzene rings is 1. The van der Waals surface area contributed by atoms with E-state index in [1.54, 1.807) is 0 Å². The van der Waals surface area contributed by atoms with Crippen LogP contribution in [0.4, 0.5) is 11.4 Å². The molecule has 0 atom stereocenters. The number of non-ortho nitro benzene ring substituents is 1. The van der Waals surface area contributed by atoms with E-state index in [1.807, 2.05) is 0 Å². The maximum atomic E-state index is 10.2. The van der Waals surface area contributed by atoms with E-state index < -0.39 is 27.0 Å². The molecule has 0 aliphatic carbocycles. The number of phenols is 1. The number of nitrogens with two attached hydrogens (primary N) is 2. The van der Waals surface area contributed by atoms with Crippen molar-refractivity contribution in [2.45, 2.75) is 0 Å². The van der Waals surface area contributed by atoms with Crippen LogP contribution in [0.25, 0.3) is 0 Å². The Bertz CT molecular complexity index is 380. The first kappa shape index (κ1) is 12.7. The summed E-state index contributed by atoms with van der Waals surface area (Å²) in [5, 5.41) is 29.3. The van der Waals surface area contributed by atoms with Crippen LogP contribution in [0.15, 0.2) is 18.2 Å². The van der Waals surface area contributed by atoms with Gasteiger partial charge in [-0.2, -0.15) is 0 Å². The van der Waals surface area contributed by atoms with Gasteiger partial charge < -0.3 is 5.11 Å². The number of hydrazine groups is 1. The van der Waals surface area contributed by atoms with Crippen LogP contribution in [-0.2, 0) is 0 Å². The first-order valence-corrected chi connectivity index (χ1v) is 3.47. The third-order valence-electron chi connectivity index (χ3n) is 1.37. The van der Waals surface area contributed by atoms with E-state index in [1.165, 1.54) is 0 Å². The van der Waals surface area contributed by atoms with Crippen LogP contribution in [0.2, 0.25) is 0 Å². The van der Waals surface area contributed by atoms with Crippen molar-refractivity contribution in [1.82, 2.24) is 0 Å². The minimum Gasteiger partial charge on any atom is -0.502 e. The molecule has 0 bridgehead atoms. The van der Waals surface area contributed by atoms with Crippen molar-refractivity contribution in [3.8, 4) is 5.75 Å². The van der Waals surface area contributed by atoms with E-state index in [-0.39, 0.29) is 0 Å². The summed E-state index contributed by atoms with van der Waals surface area (Å²) < 4.78 is 0. The van der Waals surface area contributed by atoms with Crippen molar-refractivity contribution in [3.63, 3.8) is 0 Å². The van der Waals surface area contributed by atoms with Gasteiger partial charge in [-0.05, 0) is 6.07 Å². The summed E-state index contributed by atoms with van der Waals surface area (Å²) in [5.74, 6) is 7.41. The second-order valence-electron chi connectivity index (χ2n) is 2.19. The molecular weight excluding hydrogens is 208 g/mol. The lowest BCUT2D eigenvalue weighted by Crippen LogP contribution is -2.02. The molecule has 0 aliphatic heterocycles. The molecule has 82 valence electrons. The molecule has 0 aliphatic rings. The van der Waals surface area contributed by atoms with Gasteiger partial charge in [0.05, 0.1) is 15.9 Å². The summed E-state index contributed by atoms with van der Waals surface area (Å²) in [7, 11) is 0. The van der Waals surface area contributed by atoms with Crippen molar-refractivity contribution >= 4 is 11.4 Å². The maximum Gasteiger partial charge on any atom is 0.317 e. The molecule has 1 aromatic rings. The monoisotopic (exact) mass is 216 g/mol. The van der Waals surface area contributed by atoms with Gasteiger partial charge in [0, 0.05) is 6.07 Å². The van der Waals surface area contributed by atoms with Crippen molar-refractivity contribution in [2.75, 3.05) is 0 Å². The summed E-state index contributed by atoms with van der Waals surface area (Å²) >= 11 is 0. The van der Waals surface area contributed by atoms with E-state index >= 15 is 0 Å². The Balaban J connectivity index is 0.000000921. The zero-order valence-corrected chi connectivity index (χ0v) is 7.36. The van der Waals surface area contributed by atoms with Crippen molar-refractivity contribution in [2.24, 2.45) is 11.7 Å². The molecule has 0 saturated heterocycles. The Morgan fingerprint density at radius 3 is 2.07 bits per heavy atom. The van der Waals surface area contributed by atoms with Crippen molar-refractivity contribution < 1.29 is 15.0 Å². The SMILES string of the molecule is NN.O=[N+]([O-])c1ccc(O)c([N+](=O)[O-])c1. The Hall–Kier alpha value is -2.26. The average molecular weight is 216 g/mol. The van der Waals surface area contributed by atoms with E-state index in [4.69, 9.17) is 5.11 Å². The van der Waals surface area contributed by atoms with Gasteiger partial charge in [0.2, 0.25) is 0 Å². The number of hydrogen-bond donors (Lipinski definition) is 3. The number of nitro groups is 2. The van der Waals surface area contributed by atoms with Gasteiger partial charge in [-0.15, -0.1) is 0 Å². The van der Waals surface area contributed by atoms with Crippen LogP contribution in [0.3, 0.4) is 0 Å². The second-order valence-corrected chi connectivity index (χ2v) is 2.19. The topological polar surface area (TPSA) is 159 Å². The fourth-order valence-electron chi connectivity index (χ4n) is 0.772. The van der Waals surface area contributed by atoms with E-state index in [2.05, 4.69) is 11.7 Å². The highest BCUT2D eigenvalue weighted by molar-refractivity contribution is 5.52. The number of hydrogen-bond acceptors (Lipinski definition) is 7. The van der Waals surface area contributed by atoms with Crippen molar-refractivity contribution in [1.29, 1.82) is 0 Å².